The van der Waals surface area contributed by atoms with Crippen LogP contribution in [-0.2, 0) is 4.74 Å². The van der Waals surface area contributed by atoms with Crippen molar-refractivity contribution >= 4 is 36.0 Å². The molecule has 7 nitrogen and oxygen atoms in total. The highest BCUT2D eigenvalue weighted by atomic mass is 127. The first-order chi connectivity index (χ1) is 11.9. The van der Waals surface area contributed by atoms with E-state index >= 15 is 0 Å². The second kappa shape index (κ2) is 13.5. The molecule has 0 aliphatic rings. The summed E-state index contributed by atoms with van der Waals surface area (Å²) in [7, 11) is 1.71. The molecule has 0 heterocycles. The van der Waals surface area contributed by atoms with E-state index in [4.69, 9.17) is 9.47 Å². The predicted molar refractivity (Wildman–Crippen MR) is 116 cm³/mol. The Morgan fingerprint density at radius 1 is 1.04 bits per heavy atom. The Kier molecular flexibility index (Phi) is 12.6. The summed E-state index contributed by atoms with van der Waals surface area (Å²) in [6.07, 6.45) is 0.369. The standard InChI is InChI=1S/C18H30N4O3.HI/c1-18(2,3)25-17(23)22-12-8-11-20-16(19-4)21-13-14-24-15-9-6-5-7-10-15;/h5-7,9-10H,8,11-14H2,1-4H3,(H,22,23)(H2,19,20,21);1H. The summed E-state index contributed by atoms with van der Waals surface area (Å²) in [5, 5.41) is 9.07. The first-order valence-corrected chi connectivity index (χ1v) is 8.50. The third-order valence-electron chi connectivity index (χ3n) is 2.94. The number of halogens is 1. The van der Waals surface area contributed by atoms with Crippen LogP contribution in [0.2, 0.25) is 0 Å². The number of benzene rings is 1. The van der Waals surface area contributed by atoms with Gasteiger partial charge in [-0.2, -0.15) is 0 Å². The van der Waals surface area contributed by atoms with Crippen molar-refractivity contribution < 1.29 is 14.3 Å². The number of nitrogens with one attached hydrogen (secondary N) is 3. The summed E-state index contributed by atoms with van der Waals surface area (Å²) in [5.41, 5.74) is -0.476. The van der Waals surface area contributed by atoms with E-state index < -0.39 is 11.7 Å². The van der Waals surface area contributed by atoms with Gasteiger partial charge < -0.3 is 25.4 Å². The normalized spacial score (nSPS) is 11.2. The van der Waals surface area contributed by atoms with Gasteiger partial charge in [-0.1, -0.05) is 18.2 Å². The minimum absolute atomic E-state index is 0. The number of carbonyl (C=O) groups is 1. The Bertz CT molecular complexity index is 533. The Balaban J connectivity index is 0.00000625. The van der Waals surface area contributed by atoms with Gasteiger partial charge in [0.25, 0.3) is 0 Å². The molecular formula is C18H31IN4O3. The molecule has 0 atom stereocenters. The zero-order valence-electron chi connectivity index (χ0n) is 16.0. The van der Waals surface area contributed by atoms with Crippen molar-refractivity contribution in [3.8, 4) is 5.75 Å². The number of para-hydroxylation sites is 1. The molecule has 0 saturated heterocycles. The van der Waals surface area contributed by atoms with Crippen LogP contribution in [0.15, 0.2) is 35.3 Å². The molecule has 26 heavy (non-hydrogen) atoms. The number of hydrogen-bond donors (Lipinski definition) is 3. The van der Waals surface area contributed by atoms with E-state index in [1.54, 1.807) is 7.05 Å². The van der Waals surface area contributed by atoms with Gasteiger partial charge in [-0.25, -0.2) is 4.79 Å². The summed E-state index contributed by atoms with van der Waals surface area (Å²) >= 11 is 0. The molecule has 0 aromatic heterocycles. The SMILES string of the molecule is CN=C(NCCCNC(=O)OC(C)(C)C)NCCOc1ccccc1.I. The van der Waals surface area contributed by atoms with E-state index in [-0.39, 0.29) is 24.0 Å². The molecule has 0 saturated carbocycles. The first-order valence-electron chi connectivity index (χ1n) is 8.50. The van der Waals surface area contributed by atoms with Crippen molar-refractivity contribution in [3.05, 3.63) is 30.3 Å². The topological polar surface area (TPSA) is 84.0 Å². The third-order valence-corrected chi connectivity index (χ3v) is 2.94. The van der Waals surface area contributed by atoms with E-state index in [1.165, 1.54) is 0 Å². The molecule has 0 fully saturated rings. The Morgan fingerprint density at radius 2 is 1.65 bits per heavy atom. The fraction of sp³-hybridized carbons (Fsp3) is 0.556. The highest BCUT2D eigenvalue weighted by molar-refractivity contribution is 14.0. The average molecular weight is 478 g/mol. The summed E-state index contributed by atoms with van der Waals surface area (Å²) in [6, 6.07) is 9.67. The van der Waals surface area contributed by atoms with Crippen LogP contribution in [0.3, 0.4) is 0 Å². The van der Waals surface area contributed by atoms with Crippen LogP contribution in [-0.4, -0.2) is 50.9 Å². The molecule has 0 spiro atoms. The zero-order valence-corrected chi connectivity index (χ0v) is 18.3. The van der Waals surface area contributed by atoms with Crippen molar-refractivity contribution in [2.24, 2.45) is 4.99 Å². The number of alkyl carbamates (subject to hydrolysis) is 1. The van der Waals surface area contributed by atoms with Gasteiger partial charge in [0.1, 0.15) is 18.0 Å². The van der Waals surface area contributed by atoms with E-state index in [0.717, 1.165) is 12.2 Å². The minimum Gasteiger partial charge on any atom is -0.492 e. The smallest absolute Gasteiger partial charge is 0.407 e. The number of ether oxygens (including phenoxy) is 2. The Morgan fingerprint density at radius 3 is 2.27 bits per heavy atom. The number of amides is 1. The second-order valence-corrected chi connectivity index (χ2v) is 6.37. The lowest BCUT2D eigenvalue weighted by molar-refractivity contribution is 0.0527. The molecule has 0 unspecified atom stereocenters. The van der Waals surface area contributed by atoms with E-state index in [2.05, 4.69) is 20.9 Å². The predicted octanol–water partition coefficient (Wildman–Crippen LogP) is 2.76. The minimum atomic E-state index is -0.476. The largest absolute Gasteiger partial charge is 0.492 e. The van der Waals surface area contributed by atoms with Gasteiger partial charge in [-0.3, -0.25) is 4.99 Å². The number of hydrogen-bond acceptors (Lipinski definition) is 4. The summed E-state index contributed by atoms with van der Waals surface area (Å²) < 4.78 is 10.8. The first kappa shape index (κ1) is 24.3. The molecule has 0 radical (unpaired) electrons. The molecule has 3 N–H and O–H groups in total. The number of rotatable bonds is 8. The Hall–Kier alpha value is -1.71. The molecule has 0 aliphatic carbocycles. The van der Waals surface area contributed by atoms with Crippen molar-refractivity contribution in [2.45, 2.75) is 32.8 Å². The van der Waals surface area contributed by atoms with Crippen LogP contribution in [0, 0.1) is 0 Å². The summed E-state index contributed by atoms with van der Waals surface area (Å²) in [6.45, 7) is 7.93. The molecule has 1 amide bonds. The summed E-state index contributed by atoms with van der Waals surface area (Å²) in [4.78, 5) is 15.6. The summed E-state index contributed by atoms with van der Waals surface area (Å²) in [5.74, 6) is 1.55. The molecule has 0 bridgehead atoms. The van der Waals surface area contributed by atoms with Crippen LogP contribution in [0.25, 0.3) is 0 Å². The number of nitrogens with zero attached hydrogens (tertiary/aromatic N) is 1. The highest BCUT2D eigenvalue weighted by Crippen LogP contribution is 2.07. The highest BCUT2D eigenvalue weighted by Gasteiger charge is 2.15. The number of guanidine groups is 1. The van der Waals surface area contributed by atoms with Crippen LogP contribution >= 0.6 is 24.0 Å². The number of aliphatic imine (C=N–C) groups is 1. The van der Waals surface area contributed by atoms with Gasteiger partial charge in [0.15, 0.2) is 5.96 Å². The molecule has 0 aliphatic heterocycles. The van der Waals surface area contributed by atoms with Crippen LogP contribution in [0.1, 0.15) is 27.2 Å². The molecular weight excluding hydrogens is 447 g/mol. The number of carbonyl (C=O) groups excluding carboxylic acids is 1. The zero-order chi connectivity index (χ0) is 18.5. The van der Waals surface area contributed by atoms with E-state index in [9.17, 15) is 4.79 Å². The van der Waals surface area contributed by atoms with Crippen molar-refractivity contribution in [1.82, 2.24) is 16.0 Å². The average Bonchev–Trinajstić information content (AvgIpc) is 2.55. The van der Waals surface area contributed by atoms with Gasteiger partial charge >= 0.3 is 6.09 Å². The van der Waals surface area contributed by atoms with Gasteiger partial charge in [0.05, 0.1) is 6.54 Å². The molecule has 8 heteroatoms. The second-order valence-electron chi connectivity index (χ2n) is 6.37. The molecule has 148 valence electrons. The van der Waals surface area contributed by atoms with Gasteiger partial charge in [0, 0.05) is 20.1 Å². The molecule has 1 rings (SSSR count). The maximum absolute atomic E-state index is 11.5. The fourth-order valence-electron chi connectivity index (χ4n) is 1.88. The molecule has 1 aromatic carbocycles. The maximum atomic E-state index is 11.5. The van der Waals surface area contributed by atoms with Crippen molar-refractivity contribution in [2.75, 3.05) is 33.3 Å². The van der Waals surface area contributed by atoms with Crippen LogP contribution < -0.4 is 20.7 Å². The Labute approximate surface area is 173 Å². The molecule has 1 aromatic rings. The monoisotopic (exact) mass is 478 g/mol. The lowest BCUT2D eigenvalue weighted by Gasteiger charge is -2.19. The fourth-order valence-corrected chi connectivity index (χ4v) is 1.88. The van der Waals surface area contributed by atoms with Crippen LogP contribution in [0.5, 0.6) is 5.75 Å². The van der Waals surface area contributed by atoms with Gasteiger partial charge in [-0.05, 0) is 39.3 Å². The lowest BCUT2D eigenvalue weighted by Crippen LogP contribution is -2.40. The lowest BCUT2D eigenvalue weighted by atomic mass is 10.2. The van der Waals surface area contributed by atoms with E-state index in [1.807, 2.05) is 51.1 Å². The van der Waals surface area contributed by atoms with Crippen molar-refractivity contribution in [1.29, 1.82) is 0 Å². The van der Waals surface area contributed by atoms with Gasteiger partial charge in [0.2, 0.25) is 0 Å². The van der Waals surface area contributed by atoms with Gasteiger partial charge in [-0.15, -0.1) is 24.0 Å². The quantitative estimate of drug-likeness (QED) is 0.232. The van der Waals surface area contributed by atoms with E-state index in [0.29, 0.717) is 32.2 Å². The third kappa shape index (κ3) is 12.6. The van der Waals surface area contributed by atoms with Crippen LogP contribution in [0.4, 0.5) is 4.79 Å². The van der Waals surface area contributed by atoms with Crippen molar-refractivity contribution in [3.63, 3.8) is 0 Å². The maximum Gasteiger partial charge on any atom is 0.407 e.